The lowest BCUT2D eigenvalue weighted by molar-refractivity contribution is -0.124. The number of rotatable bonds is 13. The van der Waals surface area contributed by atoms with Crippen LogP contribution < -0.4 is 10.1 Å². The van der Waals surface area contributed by atoms with E-state index in [0.29, 0.717) is 24.0 Å². The molecule has 0 spiro atoms. The maximum atomic E-state index is 11.1. The number of hydrogen-bond donors (Lipinski definition) is 4. The maximum absolute atomic E-state index is 11.1. The van der Waals surface area contributed by atoms with Crippen LogP contribution in [-0.4, -0.2) is 81.8 Å². The van der Waals surface area contributed by atoms with Crippen LogP contribution in [0.15, 0.2) is 22.7 Å². The molecule has 196 valence electrons. The van der Waals surface area contributed by atoms with E-state index in [9.17, 15) is 15.0 Å². The number of aliphatic hydroxyl groups is 3. The van der Waals surface area contributed by atoms with Crippen molar-refractivity contribution in [3.05, 3.63) is 39.8 Å². The highest BCUT2D eigenvalue weighted by Crippen LogP contribution is 2.34. The first-order chi connectivity index (χ1) is 17.2. The van der Waals surface area contributed by atoms with Gasteiger partial charge in [-0.3, -0.25) is 9.69 Å². The van der Waals surface area contributed by atoms with Crippen LogP contribution in [0.4, 0.5) is 0 Å². The Kier molecular flexibility index (Phi) is 9.97. The van der Waals surface area contributed by atoms with E-state index in [1.54, 1.807) is 11.3 Å². The van der Waals surface area contributed by atoms with Crippen LogP contribution in [0.5, 0.6) is 5.75 Å². The lowest BCUT2D eigenvalue weighted by atomic mass is 10.1. The van der Waals surface area contributed by atoms with Crippen molar-refractivity contribution in [2.24, 2.45) is 0 Å². The van der Waals surface area contributed by atoms with Crippen molar-refractivity contribution in [3.63, 3.8) is 0 Å². The molecule has 11 heteroatoms. The summed E-state index contributed by atoms with van der Waals surface area (Å²) in [5.74, 6) is 1.01. The summed E-state index contributed by atoms with van der Waals surface area (Å²) in [4.78, 5) is 20.0. The molecule has 3 aromatic rings. The summed E-state index contributed by atoms with van der Waals surface area (Å²) in [5.41, 5.74) is 3.63. The number of hydrogen-bond acceptors (Lipinski definition) is 10. The van der Waals surface area contributed by atoms with Crippen molar-refractivity contribution in [1.82, 2.24) is 20.4 Å². The van der Waals surface area contributed by atoms with Crippen LogP contribution in [0.3, 0.4) is 0 Å². The van der Waals surface area contributed by atoms with E-state index in [1.807, 2.05) is 32.0 Å². The lowest BCUT2D eigenvalue weighted by Crippen LogP contribution is -2.36. The first-order valence-electron chi connectivity index (χ1n) is 11.8. The number of nitrogens with one attached hydrogen (secondary N) is 1. The van der Waals surface area contributed by atoms with Gasteiger partial charge in [0.15, 0.2) is 0 Å². The van der Waals surface area contributed by atoms with E-state index in [1.165, 1.54) is 4.88 Å². The summed E-state index contributed by atoms with van der Waals surface area (Å²) in [6.07, 6.45) is -0.911. The number of likely N-dealkylation sites (N-methyl/N-ethyl adjacent to an activating group) is 1. The van der Waals surface area contributed by atoms with Crippen LogP contribution in [-0.2, 0) is 11.3 Å². The molecular formula is C25H34N4O6S. The number of nitrogens with zero attached hydrogens (tertiary/aromatic N) is 3. The van der Waals surface area contributed by atoms with Gasteiger partial charge in [-0.15, -0.1) is 11.3 Å². The molecule has 0 aliphatic carbocycles. The van der Waals surface area contributed by atoms with E-state index in [0.717, 1.165) is 40.2 Å². The number of aryl methyl sites for hydroxylation is 3. The van der Waals surface area contributed by atoms with Crippen LogP contribution in [0.1, 0.15) is 28.5 Å². The van der Waals surface area contributed by atoms with Gasteiger partial charge in [-0.2, -0.15) is 4.98 Å². The van der Waals surface area contributed by atoms with Crippen molar-refractivity contribution in [2.75, 3.05) is 39.5 Å². The molecule has 0 aliphatic rings. The Morgan fingerprint density at radius 2 is 1.92 bits per heavy atom. The molecular weight excluding hydrogens is 484 g/mol. The van der Waals surface area contributed by atoms with Gasteiger partial charge in [-0.05, 0) is 62.2 Å². The van der Waals surface area contributed by atoms with Crippen molar-refractivity contribution in [1.29, 1.82) is 0 Å². The molecule has 1 atom stereocenters. The fraction of sp³-hybridized carbons (Fsp3) is 0.480. The predicted octanol–water partition coefficient (Wildman–Crippen LogP) is 2.05. The molecule has 0 fully saturated rings. The van der Waals surface area contributed by atoms with Gasteiger partial charge >= 0.3 is 0 Å². The smallest absolute Gasteiger partial charge is 0.268 e. The Morgan fingerprint density at radius 3 is 2.56 bits per heavy atom. The van der Waals surface area contributed by atoms with E-state index in [4.69, 9.17) is 14.4 Å². The second kappa shape index (κ2) is 12.9. The summed E-state index contributed by atoms with van der Waals surface area (Å²) >= 11 is 1.61. The summed E-state index contributed by atoms with van der Waals surface area (Å²) in [7, 11) is 0. The summed E-state index contributed by atoms with van der Waals surface area (Å²) in [6, 6.07) is 5.85. The monoisotopic (exact) mass is 518 g/mol. The van der Waals surface area contributed by atoms with Crippen molar-refractivity contribution < 1.29 is 29.4 Å². The van der Waals surface area contributed by atoms with Gasteiger partial charge in [-0.25, -0.2) is 0 Å². The molecule has 4 N–H and O–H groups in total. The molecule has 0 saturated carbocycles. The molecule has 0 aliphatic heterocycles. The maximum Gasteiger partial charge on any atom is 0.268 e. The van der Waals surface area contributed by atoms with Crippen LogP contribution in [0.25, 0.3) is 22.2 Å². The molecule has 0 saturated heterocycles. The Bertz CT molecular complexity index is 1140. The molecule has 0 unspecified atom stereocenters. The van der Waals surface area contributed by atoms with Gasteiger partial charge in [0.1, 0.15) is 25.1 Å². The average molecular weight is 519 g/mol. The molecule has 2 aromatic heterocycles. The molecule has 36 heavy (non-hydrogen) atoms. The Hall–Kier alpha value is -2.83. The number of aliphatic hydroxyl groups excluding tert-OH is 3. The highest BCUT2D eigenvalue weighted by atomic mass is 32.1. The van der Waals surface area contributed by atoms with Crippen LogP contribution >= 0.6 is 11.3 Å². The third-order valence-electron chi connectivity index (χ3n) is 5.71. The minimum atomic E-state index is -0.911. The zero-order valence-corrected chi connectivity index (χ0v) is 21.9. The van der Waals surface area contributed by atoms with Gasteiger partial charge in [-0.1, -0.05) is 12.1 Å². The number of benzene rings is 1. The van der Waals surface area contributed by atoms with Crippen molar-refractivity contribution in [3.8, 4) is 27.9 Å². The Morgan fingerprint density at radius 1 is 1.19 bits per heavy atom. The van der Waals surface area contributed by atoms with E-state index >= 15 is 0 Å². The summed E-state index contributed by atoms with van der Waals surface area (Å²) in [6.45, 7) is 9.66. The van der Waals surface area contributed by atoms with Crippen LogP contribution in [0, 0.1) is 20.8 Å². The van der Waals surface area contributed by atoms with Crippen molar-refractivity contribution in [2.45, 2.75) is 40.3 Å². The summed E-state index contributed by atoms with van der Waals surface area (Å²) < 4.78 is 11.4. The molecule has 2 heterocycles. The van der Waals surface area contributed by atoms with Gasteiger partial charge in [0.05, 0.1) is 11.5 Å². The molecule has 0 radical (unpaired) electrons. The Labute approximate surface area is 214 Å². The fourth-order valence-electron chi connectivity index (χ4n) is 3.75. The topological polar surface area (TPSA) is 141 Å². The SMILES string of the molecule is CCN(CCO)Cc1sc(-c2nc(-c3cc(C)c(OC[C@H](O)CNC(=O)CO)c(C)c3)no2)cc1C. The number of aromatic nitrogens is 2. The standard InChI is InChI=1S/C25H34N4O6S/c1-5-29(6-7-30)12-21-15(2)10-20(36-21)25-27-24(28-35-25)18-8-16(3)23(17(4)9-18)34-14-19(32)11-26-22(33)13-31/h8-10,19,30-32H,5-7,11-14H2,1-4H3,(H,26,33)/t19-/m1/s1. The largest absolute Gasteiger partial charge is 0.490 e. The zero-order valence-electron chi connectivity index (χ0n) is 21.1. The van der Waals surface area contributed by atoms with Crippen molar-refractivity contribution >= 4 is 17.2 Å². The molecule has 1 amide bonds. The van der Waals surface area contributed by atoms with E-state index in [-0.39, 0.29) is 19.8 Å². The van der Waals surface area contributed by atoms with Gasteiger partial charge in [0, 0.05) is 30.1 Å². The first kappa shape index (κ1) is 27.8. The van der Waals surface area contributed by atoms with E-state index < -0.39 is 18.6 Å². The molecule has 3 rings (SSSR count). The fourth-order valence-corrected chi connectivity index (χ4v) is 4.89. The quantitative estimate of drug-likeness (QED) is 0.267. The zero-order chi connectivity index (χ0) is 26.2. The average Bonchev–Trinajstić information content (AvgIpc) is 3.48. The highest BCUT2D eigenvalue weighted by Gasteiger charge is 2.18. The molecule has 0 bridgehead atoms. The predicted molar refractivity (Wildman–Crippen MR) is 137 cm³/mol. The van der Waals surface area contributed by atoms with Gasteiger partial charge < -0.3 is 29.9 Å². The number of carbonyl (C=O) groups is 1. The lowest BCUT2D eigenvalue weighted by Gasteiger charge is -2.18. The third kappa shape index (κ3) is 7.11. The second-order valence-corrected chi connectivity index (χ2v) is 9.74. The number of carbonyl (C=O) groups excluding carboxylic acids is 1. The number of amides is 1. The highest BCUT2D eigenvalue weighted by molar-refractivity contribution is 7.15. The summed E-state index contributed by atoms with van der Waals surface area (Å²) in [5, 5.41) is 34.6. The van der Waals surface area contributed by atoms with E-state index in [2.05, 4.69) is 34.2 Å². The number of thiophene rings is 1. The normalized spacial score (nSPS) is 12.2. The minimum Gasteiger partial charge on any atom is -0.490 e. The van der Waals surface area contributed by atoms with Gasteiger partial charge in [0.25, 0.3) is 5.89 Å². The molecule has 1 aromatic carbocycles. The molecule has 10 nitrogen and oxygen atoms in total. The van der Waals surface area contributed by atoms with Crippen LogP contribution in [0.2, 0.25) is 0 Å². The Balaban J connectivity index is 1.70. The third-order valence-corrected chi connectivity index (χ3v) is 6.91. The first-order valence-corrected chi connectivity index (χ1v) is 12.6. The van der Waals surface area contributed by atoms with Gasteiger partial charge in [0.2, 0.25) is 11.7 Å². The minimum absolute atomic E-state index is 0.00702. The second-order valence-electron chi connectivity index (χ2n) is 8.60. The number of ether oxygens (including phenoxy) is 1.